The van der Waals surface area contributed by atoms with Gasteiger partial charge < -0.3 is 24.8 Å². The minimum atomic E-state index is -1.20. The molecule has 0 aliphatic heterocycles. The number of aliphatic carboxylic acids is 1. The number of alkyl carbamates (subject to hydrolysis) is 1. The highest BCUT2D eigenvalue weighted by Gasteiger charge is 2.36. The Kier molecular flexibility index (Phi) is 11.9. The minimum Gasteiger partial charge on any atom is -0.480 e. The Labute approximate surface area is 214 Å². The van der Waals surface area contributed by atoms with Crippen molar-refractivity contribution in [3.63, 3.8) is 0 Å². The molecule has 2 N–H and O–H groups in total. The lowest BCUT2D eigenvalue weighted by atomic mass is 10.0. The molecule has 1 rings (SSSR count). The van der Waals surface area contributed by atoms with Crippen molar-refractivity contribution in [2.45, 2.75) is 91.5 Å². The molecule has 9 heteroatoms. The minimum absolute atomic E-state index is 0.0140. The maximum absolute atomic E-state index is 13.4. The molecule has 36 heavy (non-hydrogen) atoms. The van der Waals surface area contributed by atoms with Gasteiger partial charge in [-0.05, 0) is 51.0 Å². The van der Waals surface area contributed by atoms with Crippen LogP contribution < -0.4 is 5.32 Å². The van der Waals surface area contributed by atoms with E-state index in [4.69, 9.17) is 9.47 Å². The first-order chi connectivity index (χ1) is 16.6. The van der Waals surface area contributed by atoms with Crippen molar-refractivity contribution in [1.82, 2.24) is 10.2 Å². The molecular weight excluding hydrogens is 464 g/mol. The van der Waals surface area contributed by atoms with E-state index in [0.717, 1.165) is 10.5 Å². The molecule has 1 aromatic carbocycles. The summed E-state index contributed by atoms with van der Waals surface area (Å²) in [6, 6.07) is 6.84. The van der Waals surface area contributed by atoms with E-state index in [1.165, 1.54) is 7.05 Å². The van der Waals surface area contributed by atoms with Crippen molar-refractivity contribution in [3.8, 4) is 0 Å². The van der Waals surface area contributed by atoms with Gasteiger partial charge in [-0.2, -0.15) is 0 Å². The maximum Gasteiger partial charge on any atom is 0.408 e. The van der Waals surface area contributed by atoms with Crippen molar-refractivity contribution < 1.29 is 33.8 Å². The zero-order valence-electron chi connectivity index (χ0n) is 22.7. The second kappa shape index (κ2) is 13.8. The molecule has 0 aromatic heterocycles. The first-order valence-corrected chi connectivity index (χ1v) is 12.3. The van der Waals surface area contributed by atoms with Crippen LogP contribution in [-0.4, -0.2) is 64.8 Å². The number of benzene rings is 1. The largest absolute Gasteiger partial charge is 0.480 e. The molecule has 2 amide bonds. The summed E-state index contributed by atoms with van der Waals surface area (Å²) >= 11 is 0. The highest BCUT2D eigenvalue weighted by molar-refractivity contribution is 5.89. The van der Waals surface area contributed by atoms with Gasteiger partial charge in [-0.1, -0.05) is 58.0 Å². The van der Waals surface area contributed by atoms with Gasteiger partial charge in [0.2, 0.25) is 0 Å². The number of ether oxygens (including phenoxy) is 2. The third-order valence-corrected chi connectivity index (χ3v) is 5.27. The number of rotatable bonds is 12. The number of amides is 2. The SMILES string of the molecule is CC(C)C[C@H](NC(=O)OC(C)(C)C)C(=O)O[C@@H](CC(C)C)C(=O)N(C)[C@@H](Cc1ccccc1)C(=O)O. The monoisotopic (exact) mass is 506 g/mol. The Balaban J connectivity index is 3.09. The zero-order valence-corrected chi connectivity index (χ0v) is 22.7. The van der Waals surface area contributed by atoms with Crippen LogP contribution in [0.5, 0.6) is 0 Å². The summed E-state index contributed by atoms with van der Waals surface area (Å²) in [6.45, 7) is 12.7. The molecule has 0 fully saturated rings. The Morgan fingerprint density at radius 1 is 0.972 bits per heavy atom. The number of hydrogen-bond acceptors (Lipinski definition) is 6. The molecule has 0 aliphatic carbocycles. The summed E-state index contributed by atoms with van der Waals surface area (Å²) in [4.78, 5) is 51.9. The molecule has 202 valence electrons. The van der Waals surface area contributed by atoms with Gasteiger partial charge >= 0.3 is 18.0 Å². The van der Waals surface area contributed by atoms with Crippen molar-refractivity contribution in [3.05, 3.63) is 35.9 Å². The van der Waals surface area contributed by atoms with Crippen LogP contribution in [0, 0.1) is 11.8 Å². The highest BCUT2D eigenvalue weighted by atomic mass is 16.6. The van der Waals surface area contributed by atoms with Gasteiger partial charge in [-0.15, -0.1) is 0 Å². The molecule has 0 heterocycles. The van der Waals surface area contributed by atoms with Crippen LogP contribution in [0.2, 0.25) is 0 Å². The van der Waals surface area contributed by atoms with E-state index in [0.29, 0.717) is 0 Å². The van der Waals surface area contributed by atoms with Crippen LogP contribution in [-0.2, 0) is 30.3 Å². The van der Waals surface area contributed by atoms with E-state index in [-0.39, 0.29) is 31.1 Å². The number of nitrogens with one attached hydrogen (secondary N) is 1. The first-order valence-electron chi connectivity index (χ1n) is 12.3. The Morgan fingerprint density at radius 3 is 2.00 bits per heavy atom. The van der Waals surface area contributed by atoms with Crippen molar-refractivity contribution in [2.24, 2.45) is 11.8 Å². The molecule has 0 bridgehead atoms. The van der Waals surface area contributed by atoms with Gasteiger partial charge in [0.05, 0.1) is 0 Å². The number of carboxylic acids is 1. The predicted octanol–water partition coefficient (Wildman–Crippen LogP) is 4.04. The summed E-state index contributed by atoms with van der Waals surface area (Å²) in [5, 5.41) is 12.4. The van der Waals surface area contributed by atoms with Crippen molar-refractivity contribution >= 4 is 23.9 Å². The average Bonchev–Trinajstić information content (AvgIpc) is 2.74. The second-order valence-electron chi connectivity index (χ2n) is 10.9. The highest BCUT2D eigenvalue weighted by Crippen LogP contribution is 2.18. The fraction of sp³-hybridized carbons (Fsp3) is 0.630. The Bertz CT molecular complexity index is 878. The lowest BCUT2D eigenvalue weighted by Crippen LogP contribution is -2.51. The summed E-state index contributed by atoms with van der Waals surface area (Å²) in [5.41, 5.74) is 0.0142. The Morgan fingerprint density at radius 2 is 1.53 bits per heavy atom. The molecular formula is C27H42N2O7. The van der Waals surface area contributed by atoms with Crippen LogP contribution in [0.25, 0.3) is 0 Å². The molecule has 0 saturated carbocycles. The number of nitrogens with zero attached hydrogens (tertiary/aromatic N) is 1. The maximum atomic E-state index is 13.4. The lowest BCUT2D eigenvalue weighted by molar-refractivity contribution is -0.165. The lowest BCUT2D eigenvalue weighted by Gasteiger charge is -2.30. The number of esters is 1. The summed E-state index contributed by atoms with van der Waals surface area (Å²) in [5.74, 6) is -2.51. The molecule has 0 aliphatic rings. The number of likely N-dealkylation sites (N-methyl/N-ethyl adjacent to an activating group) is 1. The van der Waals surface area contributed by atoms with Crippen LogP contribution >= 0.6 is 0 Å². The molecule has 0 unspecified atom stereocenters. The fourth-order valence-electron chi connectivity index (χ4n) is 3.59. The number of hydrogen-bond donors (Lipinski definition) is 2. The third kappa shape index (κ3) is 11.1. The normalized spacial score (nSPS) is 14.1. The number of carboxylic acid groups (broad SMARTS) is 1. The quantitative estimate of drug-likeness (QED) is 0.410. The summed E-state index contributed by atoms with van der Waals surface area (Å²) < 4.78 is 10.9. The van der Waals surface area contributed by atoms with Crippen LogP contribution in [0.4, 0.5) is 4.79 Å². The van der Waals surface area contributed by atoms with Crippen LogP contribution in [0.1, 0.15) is 66.9 Å². The standard InChI is InChI=1S/C27H42N2O7/c1-17(2)14-20(28-26(34)36-27(5,6)7)25(33)35-22(15-18(3)4)23(30)29(8)21(24(31)32)16-19-12-10-9-11-13-19/h9-13,17-18,20-22H,14-16H2,1-8H3,(H,28,34)(H,31,32)/t20-,21-,22-/m0/s1. The van der Waals surface area contributed by atoms with Gasteiger partial charge in [0.15, 0.2) is 6.10 Å². The zero-order chi connectivity index (χ0) is 27.6. The predicted molar refractivity (Wildman–Crippen MR) is 136 cm³/mol. The molecule has 9 nitrogen and oxygen atoms in total. The van der Waals surface area contributed by atoms with Gasteiger partial charge in [0.1, 0.15) is 17.7 Å². The molecule has 1 aromatic rings. The van der Waals surface area contributed by atoms with E-state index in [1.807, 2.05) is 33.8 Å². The fourth-order valence-corrected chi connectivity index (χ4v) is 3.59. The first kappa shape index (κ1) is 30.9. The van der Waals surface area contributed by atoms with Gasteiger partial charge in [-0.25, -0.2) is 14.4 Å². The molecule has 0 radical (unpaired) electrons. The van der Waals surface area contributed by atoms with Crippen molar-refractivity contribution in [1.29, 1.82) is 0 Å². The van der Waals surface area contributed by atoms with Crippen molar-refractivity contribution in [2.75, 3.05) is 7.05 Å². The van der Waals surface area contributed by atoms with E-state index in [9.17, 15) is 24.3 Å². The van der Waals surface area contributed by atoms with Gasteiger partial charge in [0.25, 0.3) is 5.91 Å². The van der Waals surface area contributed by atoms with E-state index in [1.54, 1.807) is 45.0 Å². The van der Waals surface area contributed by atoms with E-state index < -0.39 is 47.7 Å². The topological polar surface area (TPSA) is 122 Å². The van der Waals surface area contributed by atoms with E-state index in [2.05, 4.69) is 5.32 Å². The third-order valence-electron chi connectivity index (χ3n) is 5.27. The molecule has 0 spiro atoms. The summed E-state index contributed by atoms with van der Waals surface area (Å²) in [7, 11) is 1.40. The van der Waals surface area contributed by atoms with Gasteiger partial charge in [-0.3, -0.25) is 4.79 Å². The molecule has 3 atom stereocenters. The second-order valence-corrected chi connectivity index (χ2v) is 10.9. The molecule has 0 saturated heterocycles. The van der Waals surface area contributed by atoms with Crippen LogP contribution in [0.3, 0.4) is 0 Å². The van der Waals surface area contributed by atoms with Crippen LogP contribution in [0.15, 0.2) is 30.3 Å². The number of carbonyl (C=O) groups is 4. The van der Waals surface area contributed by atoms with E-state index >= 15 is 0 Å². The Hall–Kier alpha value is -3.10. The van der Waals surface area contributed by atoms with Gasteiger partial charge in [0, 0.05) is 13.5 Å². The average molecular weight is 507 g/mol. The smallest absolute Gasteiger partial charge is 0.408 e. The summed E-state index contributed by atoms with van der Waals surface area (Å²) in [6.07, 6.45) is -1.37. The number of carbonyl (C=O) groups excluding carboxylic acids is 3.